The molecule has 0 spiro atoms. The third-order valence-electron chi connectivity index (χ3n) is 2.74. The lowest BCUT2D eigenvalue weighted by Crippen LogP contribution is -1.96. The molecular weight excluding hydrogens is 242 g/mol. The van der Waals surface area contributed by atoms with Crippen LogP contribution in [0.4, 0.5) is 0 Å². The van der Waals surface area contributed by atoms with Crippen molar-refractivity contribution in [3.05, 3.63) is 48.1 Å². The summed E-state index contributed by atoms with van der Waals surface area (Å²) < 4.78 is 6.80. The summed E-state index contributed by atoms with van der Waals surface area (Å²) in [6.45, 7) is 2.25. The second-order valence-electron chi connectivity index (χ2n) is 4.22. The quantitative estimate of drug-likeness (QED) is 0.770. The van der Waals surface area contributed by atoms with E-state index in [9.17, 15) is 0 Å². The molecule has 0 bridgehead atoms. The molecule has 3 rings (SSSR count). The van der Waals surface area contributed by atoms with E-state index in [4.69, 9.17) is 10.3 Å². The molecule has 0 unspecified atom stereocenters. The van der Waals surface area contributed by atoms with Gasteiger partial charge in [0.05, 0.1) is 18.4 Å². The maximum absolute atomic E-state index is 5.44. The first kappa shape index (κ1) is 11.6. The van der Waals surface area contributed by atoms with Crippen LogP contribution in [0.3, 0.4) is 0 Å². The summed E-state index contributed by atoms with van der Waals surface area (Å²) in [6, 6.07) is 7.77. The van der Waals surface area contributed by atoms with Gasteiger partial charge in [0, 0.05) is 11.8 Å². The van der Waals surface area contributed by atoms with Gasteiger partial charge in [-0.05, 0) is 36.8 Å². The van der Waals surface area contributed by atoms with Gasteiger partial charge in [0.15, 0.2) is 0 Å². The maximum Gasteiger partial charge on any atom is 0.240 e. The summed E-state index contributed by atoms with van der Waals surface area (Å²) in [4.78, 5) is 4.18. The average Bonchev–Trinajstić information content (AvgIpc) is 3.07. The lowest BCUT2D eigenvalue weighted by molar-refractivity contribution is 0.380. The highest BCUT2D eigenvalue weighted by molar-refractivity contribution is 5.56. The molecule has 0 saturated heterocycles. The molecule has 19 heavy (non-hydrogen) atoms. The minimum atomic E-state index is 0.248. The first-order chi connectivity index (χ1) is 9.26. The number of hydrogen-bond acceptors (Lipinski definition) is 5. The van der Waals surface area contributed by atoms with Gasteiger partial charge < -0.3 is 10.3 Å². The van der Waals surface area contributed by atoms with Crippen LogP contribution < -0.4 is 5.73 Å². The van der Waals surface area contributed by atoms with E-state index < -0.39 is 0 Å². The van der Waals surface area contributed by atoms with Crippen LogP contribution in [0, 0.1) is 6.92 Å². The van der Waals surface area contributed by atoms with Crippen molar-refractivity contribution in [3.8, 4) is 17.1 Å². The summed E-state index contributed by atoms with van der Waals surface area (Å²) in [7, 11) is 0. The van der Waals surface area contributed by atoms with Gasteiger partial charge in [0.2, 0.25) is 11.7 Å². The zero-order valence-electron chi connectivity index (χ0n) is 10.4. The Hall–Kier alpha value is -2.47. The molecule has 3 aromatic rings. The molecular formula is C13H13N5O. The molecule has 0 atom stereocenters. The fraction of sp³-hybridized carbons (Fsp3) is 0.154. The summed E-state index contributed by atoms with van der Waals surface area (Å²) in [6.07, 6.45) is 3.79. The number of aryl methyl sites for hydroxylation is 1. The minimum Gasteiger partial charge on any atom is -0.338 e. The molecule has 2 heterocycles. The third kappa shape index (κ3) is 2.25. The van der Waals surface area contributed by atoms with Gasteiger partial charge in [0.25, 0.3) is 0 Å². The zero-order chi connectivity index (χ0) is 13.2. The smallest absolute Gasteiger partial charge is 0.240 e. The second-order valence-corrected chi connectivity index (χ2v) is 4.22. The first-order valence-corrected chi connectivity index (χ1v) is 5.91. The molecule has 6 heteroatoms. The molecule has 2 N–H and O–H groups in total. The number of hydrogen-bond donors (Lipinski definition) is 1. The molecule has 0 saturated carbocycles. The SMILES string of the molecule is Cc1cnn(-c2ccc(-c3noc(CN)n3)cc2)c1. The Morgan fingerprint density at radius 1 is 1.26 bits per heavy atom. The molecule has 1 aromatic carbocycles. The third-order valence-corrected chi connectivity index (χ3v) is 2.74. The van der Waals surface area contributed by atoms with Crippen LogP contribution in [0.25, 0.3) is 17.1 Å². The fourth-order valence-corrected chi connectivity index (χ4v) is 1.77. The maximum atomic E-state index is 5.44. The predicted octanol–water partition coefficient (Wildman–Crippen LogP) is 1.69. The Bertz CT molecular complexity index is 683. The fourth-order valence-electron chi connectivity index (χ4n) is 1.77. The van der Waals surface area contributed by atoms with E-state index in [-0.39, 0.29) is 6.54 Å². The van der Waals surface area contributed by atoms with Crippen LogP contribution in [0.2, 0.25) is 0 Å². The summed E-state index contributed by atoms with van der Waals surface area (Å²) in [5, 5.41) is 8.13. The van der Waals surface area contributed by atoms with Gasteiger partial charge in [-0.2, -0.15) is 10.1 Å². The molecule has 96 valence electrons. The van der Waals surface area contributed by atoms with Gasteiger partial charge in [-0.3, -0.25) is 0 Å². The Balaban J connectivity index is 1.90. The van der Waals surface area contributed by atoms with Crippen LogP contribution in [0.5, 0.6) is 0 Å². The number of rotatable bonds is 3. The van der Waals surface area contributed by atoms with Gasteiger partial charge in [-0.1, -0.05) is 5.16 Å². The Morgan fingerprint density at radius 3 is 2.63 bits per heavy atom. The van der Waals surface area contributed by atoms with Crippen LogP contribution in [-0.4, -0.2) is 19.9 Å². The van der Waals surface area contributed by atoms with Gasteiger partial charge >= 0.3 is 0 Å². The first-order valence-electron chi connectivity index (χ1n) is 5.91. The van der Waals surface area contributed by atoms with E-state index in [2.05, 4.69) is 15.2 Å². The van der Waals surface area contributed by atoms with E-state index in [0.29, 0.717) is 11.7 Å². The van der Waals surface area contributed by atoms with Crippen LogP contribution >= 0.6 is 0 Å². The Morgan fingerprint density at radius 2 is 2.05 bits per heavy atom. The van der Waals surface area contributed by atoms with Crippen molar-refractivity contribution in [2.75, 3.05) is 0 Å². The highest BCUT2D eigenvalue weighted by Gasteiger charge is 2.07. The van der Waals surface area contributed by atoms with E-state index in [1.807, 2.05) is 48.3 Å². The van der Waals surface area contributed by atoms with Crippen molar-refractivity contribution in [2.24, 2.45) is 5.73 Å². The van der Waals surface area contributed by atoms with Crippen molar-refractivity contribution in [2.45, 2.75) is 13.5 Å². The highest BCUT2D eigenvalue weighted by Crippen LogP contribution is 2.18. The van der Waals surface area contributed by atoms with Crippen LogP contribution in [0.1, 0.15) is 11.5 Å². The van der Waals surface area contributed by atoms with Gasteiger partial charge in [-0.15, -0.1) is 0 Å². The van der Waals surface area contributed by atoms with Gasteiger partial charge in [0.1, 0.15) is 0 Å². The van der Waals surface area contributed by atoms with E-state index in [1.165, 1.54) is 0 Å². The number of nitrogens with zero attached hydrogens (tertiary/aromatic N) is 4. The zero-order valence-corrected chi connectivity index (χ0v) is 10.4. The monoisotopic (exact) mass is 255 g/mol. The lowest BCUT2D eigenvalue weighted by Gasteiger charge is -2.01. The summed E-state index contributed by atoms with van der Waals surface area (Å²) >= 11 is 0. The van der Waals surface area contributed by atoms with Crippen molar-refractivity contribution < 1.29 is 4.52 Å². The molecule has 0 radical (unpaired) electrons. The average molecular weight is 255 g/mol. The van der Waals surface area contributed by atoms with E-state index in [0.717, 1.165) is 16.8 Å². The van der Waals surface area contributed by atoms with Crippen LogP contribution in [-0.2, 0) is 6.54 Å². The molecule has 6 nitrogen and oxygen atoms in total. The number of aromatic nitrogens is 4. The van der Waals surface area contributed by atoms with Crippen molar-refractivity contribution in [3.63, 3.8) is 0 Å². The number of nitrogens with two attached hydrogens (primary N) is 1. The lowest BCUT2D eigenvalue weighted by atomic mass is 10.2. The normalized spacial score (nSPS) is 10.8. The standard InChI is InChI=1S/C13H13N5O/c1-9-7-15-18(8-9)11-4-2-10(3-5-11)13-16-12(6-14)19-17-13/h2-5,7-8H,6,14H2,1H3. The molecule has 0 amide bonds. The van der Waals surface area contributed by atoms with Crippen molar-refractivity contribution in [1.82, 2.24) is 19.9 Å². The molecule has 0 aliphatic rings. The molecule has 0 aliphatic carbocycles. The van der Waals surface area contributed by atoms with E-state index >= 15 is 0 Å². The second kappa shape index (κ2) is 4.66. The Kier molecular flexibility index (Phi) is 2.85. The van der Waals surface area contributed by atoms with Gasteiger partial charge in [-0.25, -0.2) is 4.68 Å². The molecule has 0 fully saturated rings. The van der Waals surface area contributed by atoms with Crippen molar-refractivity contribution >= 4 is 0 Å². The van der Waals surface area contributed by atoms with Crippen molar-refractivity contribution in [1.29, 1.82) is 0 Å². The number of benzene rings is 1. The molecule has 2 aromatic heterocycles. The highest BCUT2D eigenvalue weighted by atomic mass is 16.5. The largest absolute Gasteiger partial charge is 0.338 e. The Labute approximate surface area is 109 Å². The molecule has 0 aliphatic heterocycles. The summed E-state index contributed by atoms with van der Waals surface area (Å²) in [5.41, 5.74) is 8.43. The summed E-state index contributed by atoms with van der Waals surface area (Å²) in [5.74, 6) is 0.977. The predicted molar refractivity (Wildman–Crippen MR) is 69.5 cm³/mol. The van der Waals surface area contributed by atoms with Crippen LogP contribution in [0.15, 0.2) is 41.2 Å². The minimum absolute atomic E-state index is 0.248. The van der Waals surface area contributed by atoms with E-state index in [1.54, 1.807) is 0 Å². The topological polar surface area (TPSA) is 82.8 Å².